The maximum atomic E-state index is 13.3. The number of nitrogens with zero attached hydrogens (tertiary/aromatic N) is 1. The minimum atomic E-state index is -0.632. The van der Waals surface area contributed by atoms with Crippen LogP contribution in [0.2, 0.25) is 0 Å². The fourth-order valence-electron chi connectivity index (χ4n) is 2.24. The lowest BCUT2D eigenvalue weighted by Gasteiger charge is -2.20. The third-order valence-corrected chi connectivity index (χ3v) is 5.39. The van der Waals surface area contributed by atoms with Crippen LogP contribution in [-0.4, -0.2) is 16.8 Å². The molecule has 0 fully saturated rings. The van der Waals surface area contributed by atoms with E-state index in [1.165, 1.54) is 23.5 Å². The molecule has 3 aromatic rings. The molecule has 4 nitrogen and oxygen atoms in total. The third-order valence-electron chi connectivity index (χ3n) is 3.97. The van der Waals surface area contributed by atoms with E-state index < -0.39 is 5.41 Å². The Balaban J connectivity index is 1.69. The summed E-state index contributed by atoms with van der Waals surface area (Å²) in [5.41, 5.74) is 2.45. The van der Waals surface area contributed by atoms with E-state index in [2.05, 4.69) is 15.6 Å². The Bertz CT molecular complexity index is 940. The van der Waals surface area contributed by atoms with Gasteiger partial charge < -0.3 is 10.6 Å². The molecule has 0 saturated carbocycles. The predicted molar refractivity (Wildman–Crippen MR) is 110 cm³/mol. The number of thiazole rings is 1. The molecule has 1 heterocycles. The molecule has 0 unspecified atom stereocenters. The number of anilines is 3. The summed E-state index contributed by atoms with van der Waals surface area (Å²) in [5, 5.41) is 8.56. The lowest BCUT2D eigenvalue weighted by molar-refractivity contribution is -0.122. The van der Waals surface area contributed by atoms with Crippen molar-refractivity contribution in [3.05, 3.63) is 59.7 Å². The highest BCUT2D eigenvalue weighted by molar-refractivity contribution is 7.14. The average molecular weight is 404 g/mol. The predicted octanol–water partition coefficient (Wildman–Crippen LogP) is 5.90. The van der Waals surface area contributed by atoms with E-state index in [0.29, 0.717) is 16.5 Å². The number of carbonyl (C=O) groups excluding carboxylic acids is 1. The van der Waals surface area contributed by atoms with E-state index in [0.717, 1.165) is 11.3 Å². The normalized spacial score (nSPS) is 11.3. The highest BCUT2D eigenvalue weighted by atomic mass is 35.5. The Hall–Kier alpha value is -2.44. The van der Waals surface area contributed by atoms with E-state index >= 15 is 0 Å². The lowest BCUT2D eigenvalue weighted by Crippen LogP contribution is -2.32. The van der Waals surface area contributed by atoms with Crippen LogP contribution in [0, 0.1) is 11.2 Å². The van der Waals surface area contributed by atoms with Gasteiger partial charge >= 0.3 is 0 Å². The van der Waals surface area contributed by atoms with Crippen LogP contribution in [0.1, 0.15) is 13.8 Å². The molecule has 0 radical (unpaired) electrons. The molecule has 2 aromatic carbocycles. The third kappa shape index (κ3) is 4.84. The van der Waals surface area contributed by atoms with Crippen LogP contribution in [0.25, 0.3) is 11.3 Å². The summed E-state index contributed by atoms with van der Waals surface area (Å²) >= 11 is 7.27. The van der Waals surface area contributed by atoms with Gasteiger partial charge in [-0.1, -0.05) is 18.2 Å². The molecule has 3 rings (SSSR count). The van der Waals surface area contributed by atoms with Crippen LogP contribution in [0.3, 0.4) is 0 Å². The Morgan fingerprint density at radius 3 is 2.59 bits per heavy atom. The number of aromatic nitrogens is 1. The molecule has 0 saturated heterocycles. The van der Waals surface area contributed by atoms with Gasteiger partial charge in [0.15, 0.2) is 5.13 Å². The largest absolute Gasteiger partial charge is 0.331 e. The summed E-state index contributed by atoms with van der Waals surface area (Å²) in [7, 11) is 0. The number of halogens is 2. The van der Waals surface area contributed by atoms with Crippen molar-refractivity contribution in [2.45, 2.75) is 13.8 Å². The molecule has 0 bridgehead atoms. The van der Waals surface area contributed by atoms with Gasteiger partial charge in [0.25, 0.3) is 0 Å². The number of benzene rings is 2. The Morgan fingerprint density at radius 2 is 1.93 bits per heavy atom. The molecule has 7 heteroatoms. The topological polar surface area (TPSA) is 54.0 Å². The van der Waals surface area contributed by atoms with E-state index in [1.807, 2.05) is 29.6 Å². The maximum absolute atomic E-state index is 13.3. The van der Waals surface area contributed by atoms with Crippen molar-refractivity contribution in [1.82, 2.24) is 4.98 Å². The first-order chi connectivity index (χ1) is 12.9. The minimum absolute atomic E-state index is 0.125. The highest BCUT2D eigenvalue weighted by Gasteiger charge is 2.26. The van der Waals surface area contributed by atoms with E-state index in [-0.39, 0.29) is 17.6 Å². The second kappa shape index (κ2) is 8.06. The number of carbonyl (C=O) groups is 1. The SMILES string of the molecule is CC(C)(CCl)C(=O)Nc1ccc(-c2csc(Nc3cccc(F)c3)n2)cc1. The molecule has 1 amide bonds. The van der Waals surface area contributed by atoms with Crippen molar-refractivity contribution >= 4 is 45.4 Å². The van der Waals surface area contributed by atoms with Crippen LogP contribution >= 0.6 is 22.9 Å². The zero-order chi connectivity index (χ0) is 19.4. The summed E-state index contributed by atoms with van der Waals surface area (Å²) in [5.74, 6) is -0.177. The second-order valence-electron chi connectivity index (χ2n) is 6.72. The van der Waals surface area contributed by atoms with Crippen molar-refractivity contribution in [2.75, 3.05) is 16.5 Å². The van der Waals surface area contributed by atoms with Crippen LogP contribution in [0.5, 0.6) is 0 Å². The smallest absolute Gasteiger partial charge is 0.231 e. The van der Waals surface area contributed by atoms with E-state index in [4.69, 9.17) is 11.6 Å². The minimum Gasteiger partial charge on any atom is -0.331 e. The Morgan fingerprint density at radius 1 is 1.19 bits per heavy atom. The lowest BCUT2D eigenvalue weighted by atomic mass is 9.95. The van der Waals surface area contributed by atoms with Gasteiger partial charge in [-0.2, -0.15) is 0 Å². The van der Waals surface area contributed by atoms with E-state index in [9.17, 15) is 9.18 Å². The standard InChI is InChI=1S/C20H19ClFN3OS/c1-20(2,12-21)18(26)23-15-8-6-13(7-9-15)17-11-27-19(25-17)24-16-5-3-4-14(22)10-16/h3-11H,12H2,1-2H3,(H,23,26)(H,24,25). The number of hydrogen-bond donors (Lipinski definition) is 2. The molecule has 2 N–H and O–H groups in total. The van der Waals surface area contributed by atoms with Crippen molar-refractivity contribution in [3.8, 4) is 11.3 Å². The van der Waals surface area contributed by atoms with Gasteiger partial charge in [0.1, 0.15) is 5.82 Å². The van der Waals surface area contributed by atoms with Gasteiger partial charge in [-0.25, -0.2) is 9.37 Å². The first kappa shape index (κ1) is 19.3. The summed E-state index contributed by atoms with van der Waals surface area (Å²) in [4.78, 5) is 16.7. The van der Waals surface area contributed by atoms with Gasteiger partial charge in [0.2, 0.25) is 5.91 Å². The number of nitrogens with one attached hydrogen (secondary N) is 2. The van der Waals surface area contributed by atoms with Crippen LogP contribution in [0.4, 0.5) is 20.9 Å². The summed E-state index contributed by atoms with van der Waals surface area (Å²) in [6, 6.07) is 13.7. The first-order valence-electron chi connectivity index (χ1n) is 8.33. The molecule has 0 aliphatic heterocycles. The van der Waals surface area contributed by atoms with Gasteiger partial charge in [-0.05, 0) is 44.2 Å². The number of alkyl halides is 1. The quantitative estimate of drug-likeness (QED) is 0.504. The van der Waals surface area contributed by atoms with Crippen molar-refractivity contribution in [2.24, 2.45) is 5.41 Å². The Labute approximate surface area is 166 Å². The molecule has 0 atom stereocenters. The average Bonchev–Trinajstić information content (AvgIpc) is 3.10. The van der Waals surface area contributed by atoms with Crippen LogP contribution < -0.4 is 10.6 Å². The van der Waals surface area contributed by atoms with Crippen LogP contribution in [-0.2, 0) is 4.79 Å². The summed E-state index contributed by atoms with van der Waals surface area (Å²) in [6.45, 7) is 3.60. The van der Waals surface area contributed by atoms with Gasteiger partial charge in [-0.3, -0.25) is 4.79 Å². The van der Waals surface area contributed by atoms with Crippen LogP contribution in [0.15, 0.2) is 53.9 Å². The second-order valence-corrected chi connectivity index (χ2v) is 7.85. The fourth-order valence-corrected chi connectivity index (χ4v) is 3.10. The molecule has 140 valence electrons. The monoisotopic (exact) mass is 403 g/mol. The maximum Gasteiger partial charge on any atom is 0.231 e. The van der Waals surface area contributed by atoms with Gasteiger partial charge in [0, 0.05) is 28.2 Å². The molecular formula is C20H19ClFN3OS. The number of hydrogen-bond acceptors (Lipinski definition) is 4. The summed E-state index contributed by atoms with van der Waals surface area (Å²) < 4.78 is 13.3. The van der Waals surface area contributed by atoms with Crippen molar-refractivity contribution in [1.29, 1.82) is 0 Å². The first-order valence-corrected chi connectivity index (χ1v) is 9.75. The molecule has 27 heavy (non-hydrogen) atoms. The molecule has 0 spiro atoms. The van der Waals surface area contributed by atoms with Gasteiger partial charge in [-0.15, -0.1) is 22.9 Å². The fraction of sp³-hybridized carbons (Fsp3) is 0.200. The molecule has 1 aromatic heterocycles. The zero-order valence-corrected chi connectivity index (χ0v) is 16.5. The van der Waals surface area contributed by atoms with E-state index in [1.54, 1.807) is 26.0 Å². The molecular weight excluding hydrogens is 385 g/mol. The molecule has 0 aliphatic carbocycles. The highest BCUT2D eigenvalue weighted by Crippen LogP contribution is 2.28. The number of rotatable bonds is 6. The van der Waals surface area contributed by atoms with Crippen molar-refractivity contribution in [3.63, 3.8) is 0 Å². The zero-order valence-electron chi connectivity index (χ0n) is 14.9. The molecule has 0 aliphatic rings. The van der Waals surface area contributed by atoms with Crippen molar-refractivity contribution < 1.29 is 9.18 Å². The van der Waals surface area contributed by atoms with Gasteiger partial charge in [0.05, 0.1) is 11.1 Å². The summed E-state index contributed by atoms with van der Waals surface area (Å²) in [6.07, 6.45) is 0. The number of amides is 1. The Kier molecular flexibility index (Phi) is 5.77.